The van der Waals surface area contributed by atoms with Crippen molar-refractivity contribution >= 4 is 75.5 Å². The minimum atomic E-state index is 0.988. The molecule has 7 rings (SSSR count). The number of rotatable bonds is 2. The average Bonchev–Trinajstić information content (AvgIpc) is 3.60. The predicted molar refractivity (Wildman–Crippen MR) is 135 cm³/mol. The van der Waals surface area contributed by atoms with Gasteiger partial charge in [-0.1, -0.05) is 36.4 Å². The van der Waals surface area contributed by atoms with Crippen molar-refractivity contribution in [1.29, 1.82) is 0 Å². The Morgan fingerprint density at radius 3 is 1.41 bits per heavy atom. The second-order valence-corrected chi connectivity index (χ2v) is 9.33. The molecule has 0 amide bonds. The molecule has 0 aliphatic heterocycles. The summed E-state index contributed by atoms with van der Waals surface area (Å²) in [6, 6.07) is 20.9. The first-order valence-electron chi connectivity index (χ1n) is 10.1. The van der Waals surface area contributed by atoms with E-state index < -0.39 is 0 Å². The van der Waals surface area contributed by atoms with Gasteiger partial charge in [-0.15, -0.1) is 0 Å². The first kappa shape index (κ1) is 18.4. The van der Waals surface area contributed by atoms with E-state index in [9.17, 15) is 0 Å². The normalized spacial score (nSPS) is 12.1. The average molecular weight is 546 g/mol. The zero-order chi connectivity index (χ0) is 21.4. The molecule has 0 unspecified atom stereocenters. The van der Waals surface area contributed by atoms with Crippen LogP contribution >= 0.6 is 31.9 Å². The molecular weight excluding hydrogens is 532 g/mol. The van der Waals surface area contributed by atoms with Gasteiger partial charge in [0.25, 0.3) is 0 Å². The Balaban J connectivity index is 1.82. The summed E-state index contributed by atoms with van der Waals surface area (Å²) in [4.78, 5) is 0. The molecule has 4 aromatic heterocycles. The lowest BCUT2D eigenvalue weighted by molar-refractivity contribution is 0.566. The molecule has 3 aromatic carbocycles. The van der Waals surface area contributed by atoms with Gasteiger partial charge in [0.1, 0.15) is 12.5 Å². The molecule has 4 heterocycles. The number of nitrogens with zero attached hydrogens (tertiary/aromatic N) is 2. The molecule has 0 aliphatic rings. The highest BCUT2D eigenvalue weighted by Crippen LogP contribution is 2.49. The van der Waals surface area contributed by atoms with Gasteiger partial charge in [-0.3, -0.25) is 0 Å². The van der Waals surface area contributed by atoms with Crippen molar-refractivity contribution in [1.82, 2.24) is 9.13 Å². The number of aromatic nitrogens is 2. The zero-order valence-corrected chi connectivity index (χ0v) is 19.7. The molecular formula is C26H14Br2N2O2. The fraction of sp³-hybridized carbons (Fsp3) is 0. The van der Waals surface area contributed by atoms with Crippen molar-refractivity contribution in [3.63, 3.8) is 0 Å². The molecule has 0 N–H and O–H groups in total. The van der Waals surface area contributed by atoms with Gasteiger partial charge in [-0.25, -0.2) is 0 Å². The van der Waals surface area contributed by atoms with Gasteiger partial charge in [0, 0.05) is 33.7 Å². The van der Waals surface area contributed by atoms with Crippen LogP contribution in [0.25, 0.3) is 55.0 Å². The van der Waals surface area contributed by atoms with Crippen molar-refractivity contribution in [2.24, 2.45) is 0 Å². The van der Waals surface area contributed by atoms with Gasteiger partial charge in [0.2, 0.25) is 0 Å². The number of halogens is 2. The predicted octanol–water partition coefficient (Wildman–Crippen LogP) is 8.59. The number of fused-ring (bicyclic) bond motifs is 6. The SMILES string of the molecule is Brc1c2c3ccccc3n(-c3ccoc3)c2c(Br)c2c3ccccc3n(-c3ccoc3)c12. The first-order chi connectivity index (χ1) is 15.8. The maximum Gasteiger partial charge on any atom is 0.114 e. The quantitative estimate of drug-likeness (QED) is 0.218. The number of hydrogen-bond acceptors (Lipinski definition) is 2. The van der Waals surface area contributed by atoms with Crippen LogP contribution in [-0.2, 0) is 0 Å². The zero-order valence-electron chi connectivity index (χ0n) is 16.5. The Labute approximate surface area is 198 Å². The number of benzene rings is 3. The summed E-state index contributed by atoms with van der Waals surface area (Å²) in [6.07, 6.45) is 6.99. The Bertz CT molecular complexity index is 1650. The maximum atomic E-state index is 5.45. The Morgan fingerprint density at radius 1 is 0.562 bits per heavy atom. The number of furan rings is 2. The van der Waals surface area contributed by atoms with Gasteiger partial charge in [-0.05, 0) is 44.0 Å². The topological polar surface area (TPSA) is 36.1 Å². The van der Waals surface area contributed by atoms with E-state index in [0.29, 0.717) is 0 Å². The van der Waals surface area contributed by atoms with Crippen LogP contribution < -0.4 is 0 Å². The Hall–Kier alpha value is -3.22. The highest BCUT2D eigenvalue weighted by atomic mass is 79.9. The van der Waals surface area contributed by atoms with Gasteiger partial charge in [-0.2, -0.15) is 0 Å². The van der Waals surface area contributed by atoms with Crippen LogP contribution in [-0.4, -0.2) is 9.13 Å². The van der Waals surface area contributed by atoms with Crippen molar-refractivity contribution in [3.05, 3.63) is 94.7 Å². The summed E-state index contributed by atoms with van der Waals surface area (Å²) in [7, 11) is 0. The summed E-state index contributed by atoms with van der Waals surface area (Å²) in [5.41, 5.74) is 6.42. The number of hydrogen-bond donors (Lipinski definition) is 0. The summed E-state index contributed by atoms with van der Waals surface area (Å²) in [5, 5.41) is 4.63. The van der Waals surface area contributed by atoms with Gasteiger partial charge in [0.05, 0.1) is 54.9 Å². The van der Waals surface area contributed by atoms with Gasteiger partial charge in [0.15, 0.2) is 0 Å². The second kappa shape index (κ2) is 6.64. The molecule has 4 nitrogen and oxygen atoms in total. The number of para-hydroxylation sites is 2. The lowest BCUT2D eigenvalue weighted by Gasteiger charge is -2.10. The summed E-state index contributed by atoms with van der Waals surface area (Å²) in [6.45, 7) is 0. The molecule has 6 heteroatoms. The molecule has 0 saturated heterocycles. The molecule has 0 fully saturated rings. The molecule has 32 heavy (non-hydrogen) atoms. The summed E-state index contributed by atoms with van der Waals surface area (Å²) >= 11 is 8.04. The van der Waals surface area contributed by atoms with Crippen molar-refractivity contribution in [2.75, 3.05) is 0 Å². The molecule has 0 spiro atoms. The van der Waals surface area contributed by atoms with E-state index in [-0.39, 0.29) is 0 Å². The lowest BCUT2D eigenvalue weighted by Crippen LogP contribution is -1.95. The van der Waals surface area contributed by atoms with E-state index >= 15 is 0 Å². The fourth-order valence-corrected chi connectivity index (χ4v) is 6.44. The Kier molecular flexibility index (Phi) is 3.81. The monoisotopic (exact) mass is 544 g/mol. The highest BCUT2D eigenvalue weighted by molar-refractivity contribution is 9.11. The Morgan fingerprint density at radius 2 is 1.00 bits per heavy atom. The van der Waals surface area contributed by atoms with E-state index in [1.54, 1.807) is 25.1 Å². The van der Waals surface area contributed by atoms with Crippen LogP contribution in [0, 0.1) is 0 Å². The third-order valence-corrected chi connectivity index (χ3v) is 7.68. The van der Waals surface area contributed by atoms with Crippen molar-refractivity contribution in [2.45, 2.75) is 0 Å². The van der Waals surface area contributed by atoms with Crippen LogP contribution in [0.1, 0.15) is 0 Å². The third kappa shape index (κ3) is 2.26. The standard InChI is InChI=1S/C26H14Br2N2O2/c27-23-21-17-5-1-3-7-19(17)29(15-9-11-31-13-15)25(21)24(28)22-18-6-2-4-8-20(18)30(26(22)23)16-10-12-32-14-16/h1-14H. The largest absolute Gasteiger partial charge is 0.470 e. The summed E-state index contributed by atoms with van der Waals surface area (Å²) in [5.74, 6) is 0. The maximum absolute atomic E-state index is 5.45. The van der Waals surface area contributed by atoms with Crippen LogP contribution in [0.5, 0.6) is 0 Å². The lowest BCUT2D eigenvalue weighted by atomic mass is 10.1. The molecule has 7 aromatic rings. The highest BCUT2D eigenvalue weighted by Gasteiger charge is 2.25. The third-order valence-electron chi connectivity index (χ3n) is 6.13. The van der Waals surface area contributed by atoms with Crippen LogP contribution in [0.3, 0.4) is 0 Å². The smallest absolute Gasteiger partial charge is 0.114 e. The summed E-state index contributed by atoms with van der Waals surface area (Å²) < 4.78 is 17.5. The fourth-order valence-electron chi connectivity index (χ4n) is 4.88. The van der Waals surface area contributed by atoms with E-state index in [0.717, 1.165) is 53.2 Å². The van der Waals surface area contributed by atoms with E-state index in [2.05, 4.69) is 89.5 Å². The van der Waals surface area contributed by atoms with Crippen molar-refractivity contribution in [3.8, 4) is 11.4 Å². The molecule has 0 saturated carbocycles. The minimum Gasteiger partial charge on any atom is -0.470 e. The first-order valence-corrected chi connectivity index (χ1v) is 11.7. The molecule has 0 bridgehead atoms. The van der Waals surface area contributed by atoms with E-state index in [4.69, 9.17) is 8.83 Å². The van der Waals surface area contributed by atoms with Crippen LogP contribution in [0.15, 0.2) is 103 Å². The van der Waals surface area contributed by atoms with Gasteiger partial charge >= 0.3 is 0 Å². The van der Waals surface area contributed by atoms with Gasteiger partial charge < -0.3 is 18.0 Å². The van der Waals surface area contributed by atoms with E-state index in [1.807, 2.05) is 12.1 Å². The molecule has 0 radical (unpaired) electrons. The molecule has 0 aliphatic carbocycles. The van der Waals surface area contributed by atoms with Crippen LogP contribution in [0.2, 0.25) is 0 Å². The minimum absolute atomic E-state index is 0.988. The van der Waals surface area contributed by atoms with Crippen LogP contribution in [0.4, 0.5) is 0 Å². The second-order valence-electron chi connectivity index (χ2n) is 7.74. The molecule has 0 atom stereocenters. The molecule has 154 valence electrons. The van der Waals surface area contributed by atoms with E-state index in [1.165, 1.54) is 10.8 Å². The van der Waals surface area contributed by atoms with Crippen molar-refractivity contribution < 1.29 is 8.83 Å².